The van der Waals surface area contributed by atoms with Gasteiger partial charge in [0.15, 0.2) is 6.10 Å². The first-order valence-corrected chi connectivity index (χ1v) is 3.41. The van der Waals surface area contributed by atoms with Crippen molar-refractivity contribution in [2.75, 3.05) is 27.3 Å². The standard InChI is InChI=1S/C6H12N2O3/c1-8(2)7-6(9)11-5-3-10-4-5/h5H,3-4H2,1-2H3,(H,7,9). The zero-order valence-corrected chi connectivity index (χ0v) is 6.66. The molecule has 1 aliphatic rings. The largest absolute Gasteiger partial charge is 0.440 e. The van der Waals surface area contributed by atoms with Crippen molar-refractivity contribution in [2.45, 2.75) is 6.10 Å². The fourth-order valence-corrected chi connectivity index (χ4v) is 0.642. The average molecular weight is 160 g/mol. The number of rotatable bonds is 2. The number of hydrogen-bond donors (Lipinski definition) is 1. The van der Waals surface area contributed by atoms with Crippen LogP contribution >= 0.6 is 0 Å². The van der Waals surface area contributed by atoms with Crippen LogP contribution in [0, 0.1) is 0 Å². The fraction of sp³-hybridized carbons (Fsp3) is 0.833. The molecule has 0 atom stereocenters. The van der Waals surface area contributed by atoms with Crippen molar-refractivity contribution in [3.8, 4) is 0 Å². The van der Waals surface area contributed by atoms with Crippen molar-refractivity contribution in [3.63, 3.8) is 0 Å². The first kappa shape index (κ1) is 8.29. The van der Waals surface area contributed by atoms with E-state index in [1.807, 2.05) is 0 Å². The number of carbonyl (C=O) groups excluding carboxylic acids is 1. The molecule has 1 amide bonds. The molecule has 5 nitrogen and oxygen atoms in total. The van der Waals surface area contributed by atoms with Gasteiger partial charge in [-0.05, 0) is 0 Å². The molecule has 64 valence electrons. The van der Waals surface area contributed by atoms with E-state index in [0.717, 1.165) is 0 Å². The molecule has 0 aliphatic carbocycles. The third kappa shape index (κ3) is 2.73. The molecule has 0 aromatic carbocycles. The molecule has 1 heterocycles. The van der Waals surface area contributed by atoms with Crippen LogP contribution in [0.5, 0.6) is 0 Å². The minimum atomic E-state index is -0.428. The fourth-order valence-electron chi connectivity index (χ4n) is 0.642. The summed E-state index contributed by atoms with van der Waals surface area (Å²) in [6, 6.07) is 0. The number of hydrazine groups is 1. The van der Waals surface area contributed by atoms with E-state index in [4.69, 9.17) is 9.47 Å². The Morgan fingerprint density at radius 3 is 2.64 bits per heavy atom. The van der Waals surface area contributed by atoms with Gasteiger partial charge in [-0.1, -0.05) is 0 Å². The number of amides is 1. The molecule has 1 N–H and O–H groups in total. The lowest BCUT2D eigenvalue weighted by atomic mass is 10.3. The Kier molecular flexibility index (Phi) is 2.67. The molecule has 0 bridgehead atoms. The minimum absolute atomic E-state index is 0.0602. The van der Waals surface area contributed by atoms with Gasteiger partial charge in [-0.3, -0.25) is 5.43 Å². The summed E-state index contributed by atoms with van der Waals surface area (Å²) in [6.45, 7) is 1.03. The lowest BCUT2D eigenvalue weighted by Crippen LogP contribution is -2.44. The summed E-state index contributed by atoms with van der Waals surface area (Å²) < 4.78 is 9.70. The van der Waals surface area contributed by atoms with Gasteiger partial charge in [0.1, 0.15) is 0 Å². The second kappa shape index (κ2) is 3.54. The predicted molar refractivity (Wildman–Crippen MR) is 37.9 cm³/mol. The van der Waals surface area contributed by atoms with Gasteiger partial charge in [-0.2, -0.15) is 0 Å². The second-order valence-electron chi connectivity index (χ2n) is 2.57. The summed E-state index contributed by atoms with van der Waals surface area (Å²) in [6.07, 6.45) is -0.488. The first-order valence-electron chi connectivity index (χ1n) is 3.41. The van der Waals surface area contributed by atoms with Crippen LogP contribution < -0.4 is 5.43 Å². The normalized spacial score (nSPS) is 17.7. The Labute approximate surface area is 65.2 Å². The zero-order chi connectivity index (χ0) is 8.27. The van der Waals surface area contributed by atoms with Crippen molar-refractivity contribution in [1.82, 2.24) is 10.4 Å². The average Bonchev–Trinajstić information content (AvgIpc) is 1.77. The Bertz CT molecular complexity index is 145. The molecule has 5 heteroatoms. The van der Waals surface area contributed by atoms with Gasteiger partial charge in [0.05, 0.1) is 13.2 Å². The van der Waals surface area contributed by atoms with Crippen LogP contribution in [-0.2, 0) is 9.47 Å². The molecule has 0 unspecified atom stereocenters. The molecule has 0 radical (unpaired) electrons. The highest BCUT2D eigenvalue weighted by molar-refractivity contribution is 5.66. The maximum absolute atomic E-state index is 10.8. The molecule has 1 saturated heterocycles. The quantitative estimate of drug-likeness (QED) is 0.558. The Morgan fingerprint density at radius 1 is 1.64 bits per heavy atom. The van der Waals surface area contributed by atoms with Crippen molar-refractivity contribution in [1.29, 1.82) is 0 Å². The van der Waals surface area contributed by atoms with Crippen molar-refractivity contribution < 1.29 is 14.3 Å². The van der Waals surface area contributed by atoms with Gasteiger partial charge in [0.25, 0.3) is 0 Å². The van der Waals surface area contributed by atoms with E-state index >= 15 is 0 Å². The number of hydrogen-bond acceptors (Lipinski definition) is 4. The number of nitrogens with one attached hydrogen (secondary N) is 1. The van der Waals surface area contributed by atoms with Gasteiger partial charge in [0, 0.05) is 14.1 Å². The molecule has 11 heavy (non-hydrogen) atoms. The van der Waals surface area contributed by atoms with E-state index in [0.29, 0.717) is 13.2 Å². The van der Waals surface area contributed by atoms with E-state index in [9.17, 15) is 4.79 Å². The SMILES string of the molecule is CN(C)NC(=O)OC1COC1. The van der Waals surface area contributed by atoms with Crippen molar-refractivity contribution >= 4 is 6.09 Å². The lowest BCUT2D eigenvalue weighted by molar-refractivity contribution is -0.100. The summed E-state index contributed by atoms with van der Waals surface area (Å²) in [7, 11) is 3.44. The van der Waals surface area contributed by atoms with Crippen LogP contribution in [0.3, 0.4) is 0 Å². The van der Waals surface area contributed by atoms with Gasteiger partial charge >= 0.3 is 6.09 Å². The van der Waals surface area contributed by atoms with Crippen LogP contribution in [0.25, 0.3) is 0 Å². The smallest absolute Gasteiger partial charge is 0.422 e. The van der Waals surface area contributed by atoms with Gasteiger partial charge in [-0.15, -0.1) is 0 Å². The van der Waals surface area contributed by atoms with Crippen LogP contribution in [0.15, 0.2) is 0 Å². The molecular weight excluding hydrogens is 148 g/mol. The van der Waals surface area contributed by atoms with Crippen LogP contribution in [0.2, 0.25) is 0 Å². The molecule has 1 fully saturated rings. The molecule has 0 saturated carbocycles. The number of nitrogens with zero attached hydrogens (tertiary/aromatic N) is 1. The summed E-state index contributed by atoms with van der Waals surface area (Å²) in [5.74, 6) is 0. The summed E-state index contributed by atoms with van der Waals surface area (Å²) in [5.41, 5.74) is 2.46. The van der Waals surface area contributed by atoms with Gasteiger partial charge < -0.3 is 9.47 Å². The summed E-state index contributed by atoms with van der Waals surface area (Å²) in [5, 5.41) is 1.53. The minimum Gasteiger partial charge on any atom is -0.440 e. The number of ether oxygens (including phenoxy) is 2. The highest BCUT2D eigenvalue weighted by Gasteiger charge is 2.22. The van der Waals surface area contributed by atoms with Crippen molar-refractivity contribution in [2.24, 2.45) is 0 Å². The summed E-state index contributed by atoms with van der Waals surface area (Å²) in [4.78, 5) is 10.8. The van der Waals surface area contributed by atoms with E-state index in [2.05, 4.69) is 5.43 Å². The Morgan fingerprint density at radius 2 is 2.27 bits per heavy atom. The Balaban J connectivity index is 2.09. The van der Waals surface area contributed by atoms with Gasteiger partial charge in [-0.25, -0.2) is 9.80 Å². The molecule has 1 rings (SSSR count). The van der Waals surface area contributed by atoms with Crippen molar-refractivity contribution in [3.05, 3.63) is 0 Å². The molecule has 0 aromatic rings. The predicted octanol–water partition coefficient (Wildman–Crippen LogP) is -0.412. The Hall–Kier alpha value is -0.810. The van der Waals surface area contributed by atoms with E-state index in [1.165, 1.54) is 5.01 Å². The van der Waals surface area contributed by atoms with E-state index in [-0.39, 0.29) is 6.10 Å². The molecular formula is C6H12N2O3. The maximum atomic E-state index is 10.8. The van der Waals surface area contributed by atoms with E-state index in [1.54, 1.807) is 14.1 Å². The topological polar surface area (TPSA) is 50.8 Å². The first-order chi connectivity index (χ1) is 5.18. The highest BCUT2D eigenvalue weighted by Crippen LogP contribution is 2.04. The molecule has 0 aromatic heterocycles. The maximum Gasteiger partial charge on any atom is 0.422 e. The second-order valence-corrected chi connectivity index (χ2v) is 2.57. The van der Waals surface area contributed by atoms with E-state index < -0.39 is 6.09 Å². The highest BCUT2D eigenvalue weighted by atomic mass is 16.6. The number of carbonyl (C=O) groups is 1. The third-order valence-corrected chi connectivity index (χ3v) is 1.20. The zero-order valence-electron chi connectivity index (χ0n) is 6.66. The lowest BCUT2D eigenvalue weighted by Gasteiger charge is -2.26. The van der Waals surface area contributed by atoms with Crippen LogP contribution in [-0.4, -0.2) is 44.5 Å². The van der Waals surface area contributed by atoms with Gasteiger partial charge in [0.2, 0.25) is 0 Å². The third-order valence-electron chi connectivity index (χ3n) is 1.20. The van der Waals surface area contributed by atoms with Crippen LogP contribution in [0.1, 0.15) is 0 Å². The molecule has 1 aliphatic heterocycles. The monoisotopic (exact) mass is 160 g/mol. The summed E-state index contributed by atoms with van der Waals surface area (Å²) >= 11 is 0. The van der Waals surface area contributed by atoms with Crippen LogP contribution in [0.4, 0.5) is 4.79 Å². The molecule has 0 spiro atoms.